The van der Waals surface area contributed by atoms with Crippen molar-refractivity contribution in [3.8, 4) is 0 Å². The van der Waals surface area contributed by atoms with E-state index in [9.17, 15) is 4.79 Å². The number of ether oxygens (including phenoxy) is 1. The van der Waals surface area contributed by atoms with Crippen LogP contribution in [0.3, 0.4) is 0 Å². The van der Waals surface area contributed by atoms with E-state index < -0.39 is 5.60 Å². The molecular weight excluding hydrogens is 256 g/mol. The molecular formula is C16H24O2S. The predicted octanol–water partition coefficient (Wildman–Crippen LogP) is 4.24. The van der Waals surface area contributed by atoms with Crippen molar-refractivity contribution in [3.05, 3.63) is 22.4 Å². The molecule has 0 unspecified atom stereocenters. The smallest absolute Gasteiger partial charge is 0.164 e. The molecule has 0 aliphatic heterocycles. The molecule has 1 saturated carbocycles. The molecule has 1 aromatic heterocycles. The summed E-state index contributed by atoms with van der Waals surface area (Å²) in [5.41, 5.74) is 1.11. The van der Waals surface area contributed by atoms with Crippen LogP contribution in [0.5, 0.6) is 0 Å². The molecule has 0 atom stereocenters. The molecule has 0 spiro atoms. The standard InChI is InChI=1S/C16H24O2S/c1-15(2)7-9-16(18-3,10-8-15)14(17)5-4-13-6-11-19-12-13/h6,11-12H,4-5,7-10H2,1-3H3. The van der Waals surface area contributed by atoms with Crippen molar-refractivity contribution in [2.75, 3.05) is 7.11 Å². The number of rotatable bonds is 5. The van der Waals surface area contributed by atoms with Crippen molar-refractivity contribution in [2.45, 2.75) is 58.0 Å². The molecule has 2 rings (SSSR count). The van der Waals surface area contributed by atoms with Crippen molar-refractivity contribution in [2.24, 2.45) is 5.41 Å². The molecule has 106 valence electrons. The molecule has 2 nitrogen and oxygen atoms in total. The molecule has 0 saturated heterocycles. The molecule has 0 radical (unpaired) electrons. The second-order valence-electron chi connectivity index (χ2n) is 6.42. The Morgan fingerprint density at radius 1 is 1.32 bits per heavy atom. The van der Waals surface area contributed by atoms with Crippen molar-refractivity contribution in [1.82, 2.24) is 0 Å². The van der Waals surface area contributed by atoms with Gasteiger partial charge in [0.15, 0.2) is 5.78 Å². The summed E-state index contributed by atoms with van der Waals surface area (Å²) in [6, 6.07) is 2.10. The zero-order chi connectivity index (χ0) is 13.9. The van der Waals surface area contributed by atoms with Crippen molar-refractivity contribution >= 4 is 17.1 Å². The van der Waals surface area contributed by atoms with Crippen LogP contribution < -0.4 is 0 Å². The summed E-state index contributed by atoms with van der Waals surface area (Å²) in [4.78, 5) is 12.5. The molecule has 1 heterocycles. The number of hydrogen-bond acceptors (Lipinski definition) is 3. The highest BCUT2D eigenvalue weighted by Gasteiger charge is 2.43. The van der Waals surface area contributed by atoms with Gasteiger partial charge in [-0.25, -0.2) is 0 Å². The second kappa shape index (κ2) is 5.76. The summed E-state index contributed by atoms with van der Waals surface area (Å²) < 4.78 is 5.66. The third-order valence-corrected chi connectivity index (χ3v) is 5.26. The fourth-order valence-corrected chi connectivity index (χ4v) is 3.55. The second-order valence-corrected chi connectivity index (χ2v) is 7.20. The van der Waals surface area contributed by atoms with Crippen LogP contribution in [0.25, 0.3) is 0 Å². The van der Waals surface area contributed by atoms with E-state index in [-0.39, 0.29) is 5.78 Å². The maximum absolute atomic E-state index is 12.5. The largest absolute Gasteiger partial charge is 0.370 e. The molecule has 0 amide bonds. The Kier molecular flexibility index (Phi) is 4.46. The molecule has 19 heavy (non-hydrogen) atoms. The lowest BCUT2D eigenvalue weighted by Gasteiger charge is -2.41. The molecule has 1 aliphatic carbocycles. The molecule has 3 heteroatoms. The molecule has 0 N–H and O–H groups in total. The molecule has 0 aromatic carbocycles. The van der Waals surface area contributed by atoms with E-state index in [0.29, 0.717) is 11.8 Å². The van der Waals surface area contributed by atoms with Crippen LogP contribution in [-0.4, -0.2) is 18.5 Å². The highest BCUT2D eigenvalue weighted by atomic mass is 32.1. The number of ketones is 1. The average Bonchev–Trinajstić information content (AvgIpc) is 2.90. The fraction of sp³-hybridized carbons (Fsp3) is 0.688. The first-order valence-corrected chi connectivity index (χ1v) is 8.01. The van der Waals surface area contributed by atoms with Gasteiger partial charge in [0.1, 0.15) is 5.60 Å². The molecule has 1 fully saturated rings. The first-order chi connectivity index (χ1) is 8.97. The van der Waals surface area contributed by atoms with E-state index in [2.05, 4.69) is 30.7 Å². The number of hydrogen-bond donors (Lipinski definition) is 0. The van der Waals surface area contributed by atoms with Crippen molar-refractivity contribution in [3.63, 3.8) is 0 Å². The third kappa shape index (κ3) is 3.46. The maximum atomic E-state index is 12.5. The number of Topliss-reactive ketones (excluding diaryl/α,β-unsaturated/α-hetero) is 1. The summed E-state index contributed by atoms with van der Waals surface area (Å²) in [6.45, 7) is 4.56. The van der Waals surface area contributed by atoms with E-state index >= 15 is 0 Å². The molecule has 0 bridgehead atoms. The van der Waals surface area contributed by atoms with Gasteiger partial charge in [0, 0.05) is 13.5 Å². The van der Waals surface area contributed by atoms with Gasteiger partial charge in [-0.2, -0.15) is 11.3 Å². The van der Waals surface area contributed by atoms with E-state index in [1.54, 1.807) is 18.4 Å². The van der Waals surface area contributed by atoms with E-state index in [1.807, 2.05) is 0 Å². The molecule has 1 aliphatic rings. The van der Waals surface area contributed by atoms with E-state index in [0.717, 1.165) is 32.1 Å². The summed E-state index contributed by atoms with van der Waals surface area (Å²) in [5, 5.41) is 4.19. The van der Waals surface area contributed by atoms with Crippen LogP contribution in [0, 0.1) is 5.41 Å². The maximum Gasteiger partial charge on any atom is 0.164 e. The topological polar surface area (TPSA) is 26.3 Å². The lowest BCUT2D eigenvalue weighted by Crippen LogP contribution is -2.45. The van der Waals surface area contributed by atoms with E-state index in [4.69, 9.17) is 4.74 Å². The Hall–Kier alpha value is -0.670. The lowest BCUT2D eigenvalue weighted by molar-refractivity contribution is -0.147. The highest BCUT2D eigenvalue weighted by Crippen LogP contribution is 2.42. The van der Waals surface area contributed by atoms with Gasteiger partial charge in [0.2, 0.25) is 0 Å². The number of aryl methyl sites for hydroxylation is 1. The van der Waals surface area contributed by atoms with Crippen LogP contribution in [0.4, 0.5) is 0 Å². The van der Waals surface area contributed by atoms with Gasteiger partial charge in [-0.15, -0.1) is 0 Å². The number of carbonyl (C=O) groups is 1. The van der Waals surface area contributed by atoms with Crippen LogP contribution >= 0.6 is 11.3 Å². The molecule has 1 aromatic rings. The van der Waals surface area contributed by atoms with Gasteiger partial charge in [0.05, 0.1) is 0 Å². The van der Waals surface area contributed by atoms with Crippen LogP contribution in [-0.2, 0) is 16.0 Å². The van der Waals surface area contributed by atoms with Gasteiger partial charge in [0.25, 0.3) is 0 Å². The number of carbonyl (C=O) groups excluding carboxylic acids is 1. The summed E-state index contributed by atoms with van der Waals surface area (Å²) in [6.07, 6.45) is 5.34. The number of methoxy groups -OCH3 is 1. The van der Waals surface area contributed by atoms with Gasteiger partial charge < -0.3 is 4.74 Å². The Morgan fingerprint density at radius 3 is 2.53 bits per heavy atom. The van der Waals surface area contributed by atoms with Gasteiger partial charge in [-0.3, -0.25) is 4.79 Å². The SMILES string of the molecule is COC1(C(=O)CCc2ccsc2)CCC(C)(C)CC1. The van der Waals surface area contributed by atoms with Crippen LogP contribution in [0.15, 0.2) is 16.8 Å². The van der Waals surface area contributed by atoms with Crippen LogP contribution in [0.1, 0.15) is 51.5 Å². The predicted molar refractivity (Wildman–Crippen MR) is 79.6 cm³/mol. The Morgan fingerprint density at radius 2 is 2.00 bits per heavy atom. The average molecular weight is 280 g/mol. The fourth-order valence-electron chi connectivity index (χ4n) is 2.85. The van der Waals surface area contributed by atoms with Gasteiger partial charge >= 0.3 is 0 Å². The lowest BCUT2D eigenvalue weighted by atomic mass is 9.69. The van der Waals surface area contributed by atoms with E-state index in [1.165, 1.54) is 5.56 Å². The number of thiophene rings is 1. The monoisotopic (exact) mass is 280 g/mol. The summed E-state index contributed by atoms with van der Waals surface area (Å²) >= 11 is 1.69. The minimum absolute atomic E-state index is 0.289. The minimum atomic E-state index is -0.508. The van der Waals surface area contributed by atoms with Gasteiger partial charge in [-0.05, 0) is 59.9 Å². The van der Waals surface area contributed by atoms with Gasteiger partial charge in [-0.1, -0.05) is 13.8 Å². The first kappa shape index (κ1) is 14.7. The van der Waals surface area contributed by atoms with Crippen molar-refractivity contribution < 1.29 is 9.53 Å². The summed E-state index contributed by atoms with van der Waals surface area (Å²) in [7, 11) is 1.70. The van der Waals surface area contributed by atoms with Crippen molar-refractivity contribution in [1.29, 1.82) is 0 Å². The zero-order valence-corrected chi connectivity index (χ0v) is 13.0. The third-order valence-electron chi connectivity index (χ3n) is 4.53. The first-order valence-electron chi connectivity index (χ1n) is 7.07. The summed E-state index contributed by atoms with van der Waals surface area (Å²) in [5.74, 6) is 0.289. The normalized spacial score (nSPS) is 21.2. The Labute approximate surface area is 120 Å². The highest BCUT2D eigenvalue weighted by molar-refractivity contribution is 7.07. The zero-order valence-electron chi connectivity index (χ0n) is 12.2. The quantitative estimate of drug-likeness (QED) is 0.806. The Balaban J connectivity index is 1.95. The van der Waals surface area contributed by atoms with Crippen LogP contribution in [0.2, 0.25) is 0 Å². The minimum Gasteiger partial charge on any atom is -0.370 e. The Bertz CT molecular complexity index is 410.